The first kappa shape index (κ1) is 13.2. The summed E-state index contributed by atoms with van der Waals surface area (Å²) in [5.74, 6) is 0.288. The third-order valence-electron chi connectivity index (χ3n) is 4.35. The van der Waals surface area contributed by atoms with Crippen LogP contribution in [-0.4, -0.2) is 23.9 Å². The highest BCUT2D eigenvalue weighted by Crippen LogP contribution is 2.29. The lowest BCUT2D eigenvalue weighted by Gasteiger charge is -2.26. The average Bonchev–Trinajstić information content (AvgIpc) is 2.81. The first-order valence-electron chi connectivity index (χ1n) is 7.75. The van der Waals surface area contributed by atoms with Gasteiger partial charge in [0.25, 0.3) is 5.91 Å². The van der Waals surface area contributed by atoms with Crippen LogP contribution in [0.4, 0.5) is 0 Å². The van der Waals surface area contributed by atoms with E-state index in [1.54, 1.807) is 11.3 Å². The second kappa shape index (κ2) is 6.08. The van der Waals surface area contributed by atoms with E-state index in [1.165, 1.54) is 68.2 Å². The van der Waals surface area contributed by atoms with Crippen LogP contribution in [0.2, 0.25) is 0 Å². The van der Waals surface area contributed by atoms with Gasteiger partial charge in [0, 0.05) is 18.0 Å². The summed E-state index contributed by atoms with van der Waals surface area (Å²) in [5.41, 5.74) is 1.46. The smallest absolute Gasteiger partial charge is 0.263 e. The Morgan fingerprint density at radius 3 is 2.42 bits per heavy atom. The van der Waals surface area contributed by atoms with Gasteiger partial charge < -0.3 is 4.90 Å². The van der Waals surface area contributed by atoms with Crippen molar-refractivity contribution in [2.45, 2.75) is 57.8 Å². The molecule has 3 rings (SSSR count). The number of nitrogens with zero attached hydrogens (tertiary/aromatic N) is 1. The molecule has 1 aromatic heterocycles. The fraction of sp³-hybridized carbons (Fsp3) is 0.688. The van der Waals surface area contributed by atoms with Gasteiger partial charge in [-0.3, -0.25) is 4.79 Å². The topological polar surface area (TPSA) is 20.3 Å². The van der Waals surface area contributed by atoms with E-state index in [0.717, 1.165) is 18.0 Å². The molecule has 0 unspecified atom stereocenters. The third kappa shape index (κ3) is 3.02. The highest BCUT2D eigenvalue weighted by atomic mass is 32.1. The number of hydrogen-bond acceptors (Lipinski definition) is 2. The van der Waals surface area contributed by atoms with Crippen molar-refractivity contribution in [1.29, 1.82) is 0 Å². The Morgan fingerprint density at radius 2 is 1.63 bits per heavy atom. The lowest BCUT2D eigenvalue weighted by molar-refractivity contribution is 0.0729. The average molecular weight is 277 g/mol. The minimum atomic E-state index is 0.288. The SMILES string of the molecule is O=C(c1cc2c(s1)CCCCCC2)N1CCCCC1. The predicted octanol–water partition coefficient (Wildman–Crippen LogP) is 4.03. The van der Waals surface area contributed by atoms with Crippen molar-refractivity contribution in [2.24, 2.45) is 0 Å². The number of piperidine rings is 1. The van der Waals surface area contributed by atoms with Gasteiger partial charge in [-0.1, -0.05) is 12.8 Å². The van der Waals surface area contributed by atoms with Crippen LogP contribution in [0.25, 0.3) is 0 Å². The van der Waals surface area contributed by atoms with Gasteiger partial charge in [0.15, 0.2) is 0 Å². The number of carbonyl (C=O) groups excluding carboxylic acids is 1. The molecule has 0 saturated carbocycles. The minimum Gasteiger partial charge on any atom is -0.338 e. The van der Waals surface area contributed by atoms with Crippen molar-refractivity contribution in [3.05, 3.63) is 21.4 Å². The molecule has 3 heteroatoms. The van der Waals surface area contributed by atoms with E-state index in [1.807, 2.05) is 0 Å². The molecule has 1 saturated heterocycles. The van der Waals surface area contributed by atoms with E-state index in [9.17, 15) is 4.79 Å². The van der Waals surface area contributed by atoms with Crippen LogP contribution in [0.5, 0.6) is 0 Å². The van der Waals surface area contributed by atoms with E-state index in [2.05, 4.69) is 11.0 Å². The Morgan fingerprint density at radius 1 is 0.947 bits per heavy atom. The van der Waals surface area contributed by atoms with Crippen molar-refractivity contribution in [3.63, 3.8) is 0 Å². The van der Waals surface area contributed by atoms with Crippen LogP contribution in [0.15, 0.2) is 6.07 Å². The van der Waals surface area contributed by atoms with Crippen molar-refractivity contribution in [3.8, 4) is 0 Å². The maximum absolute atomic E-state index is 12.5. The summed E-state index contributed by atoms with van der Waals surface area (Å²) in [5, 5.41) is 0. The molecule has 2 nitrogen and oxygen atoms in total. The van der Waals surface area contributed by atoms with Gasteiger partial charge in [-0.2, -0.15) is 0 Å². The zero-order chi connectivity index (χ0) is 13.1. The van der Waals surface area contributed by atoms with Gasteiger partial charge in [-0.25, -0.2) is 0 Å². The van der Waals surface area contributed by atoms with Gasteiger partial charge in [-0.15, -0.1) is 11.3 Å². The van der Waals surface area contributed by atoms with E-state index >= 15 is 0 Å². The number of amides is 1. The molecular weight excluding hydrogens is 254 g/mol. The van der Waals surface area contributed by atoms with Crippen molar-refractivity contribution in [2.75, 3.05) is 13.1 Å². The zero-order valence-corrected chi connectivity index (χ0v) is 12.4. The Hall–Kier alpha value is -0.830. The highest BCUT2D eigenvalue weighted by Gasteiger charge is 2.21. The summed E-state index contributed by atoms with van der Waals surface area (Å²) < 4.78 is 0. The van der Waals surface area contributed by atoms with Crippen LogP contribution in [-0.2, 0) is 12.8 Å². The Kier molecular flexibility index (Phi) is 4.21. The molecule has 0 radical (unpaired) electrons. The highest BCUT2D eigenvalue weighted by molar-refractivity contribution is 7.14. The molecule has 0 atom stereocenters. The van der Waals surface area contributed by atoms with Gasteiger partial charge in [0.05, 0.1) is 4.88 Å². The normalized spacial score (nSPS) is 20.5. The minimum absolute atomic E-state index is 0.288. The predicted molar refractivity (Wildman–Crippen MR) is 79.9 cm³/mol. The van der Waals surface area contributed by atoms with Crippen LogP contribution < -0.4 is 0 Å². The standard InChI is InChI=1S/C16H23NOS/c18-16(17-10-6-3-7-11-17)15-12-13-8-4-1-2-5-9-14(13)19-15/h12H,1-11H2. The molecule has 0 N–H and O–H groups in total. The third-order valence-corrected chi connectivity index (χ3v) is 5.58. The second-order valence-corrected chi connectivity index (χ2v) is 6.96. The summed E-state index contributed by atoms with van der Waals surface area (Å²) in [7, 11) is 0. The first-order chi connectivity index (χ1) is 9.34. The monoisotopic (exact) mass is 277 g/mol. The lowest BCUT2D eigenvalue weighted by atomic mass is 9.99. The molecule has 1 amide bonds. The molecular formula is C16H23NOS. The van der Waals surface area contributed by atoms with Gasteiger partial charge >= 0.3 is 0 Å². The first-order valence-corrected chi connectivity index (χ1v) is 8.57. The van der Waals surface area contributed by atoms with E-state index in [4.69, 9.17) is 0 Å². The van der Waals surface area contributed by atoms with Crippen molar-refractivity contribution < 1.29 is 4.79 Å². The maximum Gasteiger partial charge on any atom is 0.263 e. The van der Waals surface area contributed by atoms with Crippen LogP contribution in [0.1, 0.15) is 65.1 Å². The number of thiophene rings is 1. The fourth-order valence-corrected chi connectivity index (χ4v) is 4.42. The van der Waals surface area contributed by atoms with Crippen molar-refractivity contribution >= 4 is 17.2 Å². The summed E-state index contributed by atoms with van der Waals surface area (Å²) in [6, 6.07) is 2.20. The molecule has 0 spiro atoms. The number of fused-ring (bicyclic) bond motifs is 1. The quantitative estimate of drug-likeness (QED) is 0.759. The number of aryl methyl sites for hydroxylation is 2. The molecule has 0 bridgehead atoms. The summed E-state index contributed by atoms with van der Waals surface area (Å²) in [4.78, 5) is 17.1. The second-order valence-electron chi connectivity index (χ2n) is 5.83. The summed E-state index contributed by atoms with van der Waals surface area (Å²) in [6.45, 7) is 1.92. The maximum atomic E-state index is 12.5. The zero-order valence-electron chi connectivity index (χ0n) is 11.6. The van der Waals surface area contributed by atoms with E-state index in [-0.39, 0.29) is 5.91 Å². The number of hydrogen-bond donors (Lipinski definition) is 0. The molecule has 1 aliphatic carbocycles. The molecule has 1 aromatic rings. The Balaban J connectivity index is 1.76. The van der Waals surface area contributed by atoms with Gasteiger partial charge in [-0.05, 0) is 56.6 Å². The summed E-state index contributed by atoms with van der Waals surface area (Å²) in [6.07, 6.45) is 11.3. The summed E-state index contributed by atoms with van der Waals surface area (Å²) >= 11 is 1.77. The van der Waals surface area contributed by atoms with Gasteiger partial charge in [0.1, 0.15) is 0 Å². The molecule has 2 aliphatic rings. The molecule has 1 fully saturated rings. The molecule has 0 aromatic carbocycles. The molecule has 1 aliphatic heterocycles. The molecule has 104 valence electrons. The largest absolute Gasteiger partial charge is 0.338 e. The Bertz CT molecular complexity index is 420. The number of rotatable bonds is 1. The Labute approximate surface area is 119 Å². The van der Waals surface area contributed by atoms with Crippen LogP contribution >= 0.6 is 11.3 Å². The van der Waals surface area contributed by atoms with Crippen molar-refractivity contribution in [1.82, 2.24) is 4.90 Å². The molecule has 2 heterocycles. The molecule has 19 heavy (non-hydrogen) atoms. The van der Waals surface area contributed by atoms with Crippen LogP contribution in [0, 0.1) is 0 Å². The van der Waals surface area contributed by atoms with Gasteiger partial charge in [0.2, 0.25) is 0 Å². The fourth-order valence-electron chi connectivity index (χ4n) is 3.20. The number of carbonyl (C=O) groups is 1. The number of likely N-dealkylation sites (tertiary alicyclic amines) is 1. The van der Waals surface area contributed by atoms with E-state index in [0.29, 0.717) is 0 Å². The lowest BCUT2D eigenvalue weighted by Crippen LogP contribution is -2.35. The van der Waals surface area contributed by atoms with Crippen LogP contribution in [0.3, 0.4) is 0 Å². The van der Waals surface area contributed by atoms with E-state index < -0.39 is 0 Å².